The van der Waals surface area contributed by atoms with Crippen molar-refractivity contribution < 1.29 is 13.7 Å². The van der Waals surface area contributed by atoms with E-state index in [-0.39, 0.29) is 17.3 Å². The van der Waals surface area contributed by atoms with Gasteiger partial charge >= 0.3 is 5.69 Å². The number of aryl methyl sites for hydroxylation is 2. The second kappa shape index (κ2) is 6.23. The number of hydrogen-bond acceptors (Lipinski definition) is 6. The van der Waals surface area contributed by atoms with Crippen LogP contribution in [-0.4, -0.2) is 24.7 Å². The third-order valence-corrected chi connectivity index (χ3v) is 3.38. The van der Waals surface area contributed by atoms with Crippen LogP contribution in [0, 0.1) is 35.6 Å². The normalized spacial score (nSPS) is 10.7. The van der Waals surface area contributed by atoms with Crippen molar-refractivity contribution >= 4 is 17.2 Å². The largest absolute Gasteiger partial charge is 0.355 e. The lowest BCUT2D eigenvalue weighted by Crippen LogP contribution is -2.10. The quantitative estimate of drug-likeness (QED) is 0.575. The van der Waals surface area contributed by atoms with Crippen molar-refractivity contribution in [1.82, 2.24) is 19.7 Å². The molecule has 0 saturated heterocycles. The summed E-state index contributed by atoms with van der Waals surface area (Å²) in [6, 6.07) is 4.55. The average Bonchev–Trinajstić information content (AvgIpc) is 2.88. The van der Waals surface area contributed by atoms with Crippen LogP contribution in [0.4, 0.5) is 26.0 Å². The maximum absolute atomic E-state index is 13.8. The Balaban J connectivity index is 2.13. The van der Waals surface area contributed by atoms with E-state index in [4.69, 9.17) is 0 Å². The summed E-state index contributed by atoms with van der Waals surface area (Å²) in [6.07, 6.45) is 1.10. The molecule has 0 spiro atoms. The number of nitro groups is 1. The van der Waals surface area contributed by atoms with Gasteiger partial charge in [0, 0.05) is 11.8 Å². The van der Waals surface area contributed by atoms with Gasteiger partial charge in [0.1, 0.15) is 18.0 Å². The van der Waals surface area contributed by atoms with Crippen LogP contribution in [0.15, 0.2) is 30.6 Å². The van der Waals surface area contributed by atoms with E-state index in [1.54, 1.807) is 19.9 Å². The third-order valence-electron chi connectivity index (χ3n) is 3.38. The molecule has 128 valence electrons. The van der Waals surface area contributed by atoms with E-state index in [1.165, 1.54) is 4.68 Å². The van der Waals surface area contributed by atoms with E-state index in [0.717, 1.165) is 18.5 Å². The average molecular weight is 346 g/mol. The Hall–Kier alpha value is -3.43. The van der Waals surface area contributed by atoms with Gasteiger partial charge in [-0.15, -0.1) is 0 Å². The predicted octanol–water partition coefficient (Wildman–Crippen LogP) is 3.21. The van der Waals surface area contributed by atoms with Crippen molar-refractivity contribution in [3.8, 4) is 5.82 Å². The molecule has 3 rings (SSSR count). The summed E-state index contributed by atoms with van der Waals surface area (Å²) < 4.78 is 28.1. The molecule has 3 aromatic rings. The van der Waals surface area contributed by atoms with Gasteiger partial charge in [0.2, 0.25) is 11.6 Å². The summed E-state index contributed by atoms with van der Waals surface area (Å²) in [5, 5.41) is 18.2. The number of rotatable bonds is 4. The van der Waals surface area contributed by atoms with E-state index in [2.05, 4.69) is 20.4 Å². The molecule has 0 radical (unpaired) electrons. The number of nitrogens with zero attached hydrogens (tertiary/aromatic N) is 5. The monoisotopic (exact) mass is 346 g/mol. The molecule has 0 bridgehead atoms. The lowest BCUT2D eigenvalue weighted by Gasteiger charge is -2.10. The molecule has 0 aliphatic heterocycles. The summed E-state index contributed by atoms with van der Waals surface area (Å²) >= 11 is 0. The molecule has 0 aliphatic carbocycles. The van der Waals surface area contributed by atoms with Crippen LogP contribution in [0.25, 0.3) is 5.82 Å². The summed E-state index contributed by atoms with van der Waals surface area (Å²) in [5.74, 6) is -1.95. The van der Waals surface area contributed by atoms with Gasteiger partial charge in [-0.2, -0.15) is 5.10 Å². The fraction of sp³-hybridized carbons (Fsp3) is 0.133. The fourth-order valence-electron chi connectivity index (χ4n) is 2.35. The van der Waals surface area contributed by atoms with Gasteiger partial charge < -0.3 is 5.32 Å². The van der Waals surface area contributed by atoms with E-state index < -0.39 is 22.2 Å². The first-order valence-electron chi connectivity index (χ1n) is 7.12. The number of aromatic nitrogens is 4. The van der Waals surface area contributed by atoms with Crippen LogP contribution >= 0.6 is 0 Å². The zero-order valence-corrected chi connectivity index (χ0v) is 13.2. The number of hydrogen-bond donors (Lipinski definition) is 1. The summed E-state index contributed by atoms with van der Waals surface area (Å²) in [4.78, 5) is 18.6. The molecule has 0 saturated carbocycles. The number of nitrogens with one attached hydrogen (secondary N) is 1. The molecular weight excluding hydrogens is 334 g/mol. The molecule has 2 heterocycles. The van der Waals surface area contributed by atoms with Gasteiger partial charge in [-0.3, -0.25) is 10.1 Å². The Morgan fingerprint density at radius 3 is 2.56 bits per heavy atom. The molecule has 1 N–H and O–H groups in total. The summed E-state index contributed by atoms with van der Waals surface area (Å²) in [7, 11) is 0. The predicted molar refractivity (Wildman–Crippen MR) is 84.9 cm³/mol. The third kappa shape index (κ3) is 3.13. The van der Waals surface area contributed by atoms with Crippen LogP contribution in [0.1, 0.15) is 11.4 Å². The Bertz CT molecular complexity index is 973. The van der Waals surface area contributed by atoms with E-state index in [0.29, 0.717) is 17.5 Å². The van der Waals surface area contributed by atoms with Gasteiger partial charge in [-0.1, -0.05) is 0 Å². The number of halogens is 2. The molecule has 0 unspecified atom stereocenters. The molecule has 0 fully saturated rings. The highest BCUT2D eigenvalue weighted by atomic mass is 19.1. The topological polar surface area (TPSA) is 98.8 Å². The van der Waals surface area contributed by atoms with Crippen LogP contribution in [0.2, 0.25) is 0 Å². The molecule has 8 nitrogen and oxygen atoms in total. The fourth-order valence-corrected chi connectivity index (χ4v) is 2.35. The lowest BCUT2D eigenvalue weighted by atomic mass is 10.3. The zero-order valence-electron chi connectivity index (χ0n) is 13.2. The maximum Gasteiger partial charge on any atom is 0.355 e. The summed E-state index contributed by atoms with van der Waals surface area (Å²) in [5.41, 5.74) is 0.669. The van der Waals surface area contributed by atoms with Crippen molar-refractivity contribution in [2.24, 2.45) is 0 Å². The van der Waals surface area contributed by atoms with Gasteiger partial charge in [0.05, 0.1) is 16.3 Å². The van der Waals surface area contributed by atoms with Crippen LogP contribution < -0.4 is 5.32 Å². The zero-order chi connectivity index (χ0) is 18.1. The molecule has 0 aliphatic rings. The van der Waals surface area contributed by atoms with Gasteiger partial charge in [-0.25, -0.2) is 23.4 Å². The molecular formula is C15H12F2N6O2. The van der Waals surface area contributed by atoms with Crippen molar-refractivity contribution in [3.05, 3.63) is 63.7 Å². The van der Waals surface area contributed by atoms with Crippen LogP contribution in [0.5, 0.6) is 0 Å². The Kier molecular flexibility index (Phi) is 4.09. The Morgan fingerprint density at radius 2 is 1.96 bits per heavy atom. The Morgan fingerprint density at radius 1 is 1.20 bits per heavy atom. The smallest absolute Gasteiger partial charge is 0.332 e. The SMILES string of the molecule is Cc1cc(C)n(-c2ncnc(Nc3ccc(F)cc3F)c2[N+](=O)[O-])n1. The van der Waals surface area contributed by atoms with E-state index >= 15 is 0 Å². The van der Waals surface area contributed by atoms with Crippen molar-refractivity contribution in [2.45, 2.75) is 13.8 Å². The second-order valence-corrected chi connectivity index (χ2v) is 5.24. The van der Waals surface area contributed by atoms with E-state index in [1.807, 2.05) is 0 Å². The first-order chi connectivity index (χ1) is 11.9. The van der Waals surface area contributed by atoms with Gasteiger partial charge in [0.15, 0.2) is 0 Å². The number of benzene rings is 1. The first kappa shape index (κ1) is 16.4. The molecule has 0 atom stereocenters. The molecule has 2 aromatic heterocycles. The van der Waals surface area contributed by atoms with Gasteiger partial charge in [-0.05, 0) is 32.0 Å². The first-order valence-corrected chi connectivity index (χ1v) is 7.12. The minimum absolute atomic E-state index is 0.0596. The molecule has 25 heavy (non-hydrogen) atoms. The summed E-state index contributed by atoms with van der Waals surface area (Å²) in [6.45, 7) is 3.46. The van der Waals surface area contributed by atoms with Crippen molar-refractivity contribution in [2.75, 3.05) is 5.32 Å². The molecule has 1 aromatic carbocycles. The molecule has 0 amide bonds. The molecule has 10 heteroatoms. The van der Waals surface area contributed by atoms with Crippen molar-refractivity contribution in [3.63, 3.8) is 0 Å². The standard InChI is InChI=1S/C15H12F2N6O2/c1-8-5-9(2)22(21-8)15-13(23(24)25)14(18-7-19-15)20-12-4-3-10(16)6-11(12)17/h3-7H,1-2H3,(H,18,19,20). The minimum atomic E-state index is -0.902. The van der Waals surface area contributed by atoms with Crippen LogP contribution in [-0.2, 0) is 0 Å². The number of anilines is 2. The Labute approximate surface area is 140 Å². The minimum Gasteiger partial charge on any atom is -0.332 e. The van der Waals surface area contributed by atoms with Gasteiger partial charge in [0.25, 0.3) is 0 Å². The maximum atomic E-state index is 13.8. The highest BCUT2D eigenvalue weighted by Crippen LogP contribution is 2.31. The highest BCUT2D eigenvalue weighted by Gasteiger charge is 2.26. The van der Waals surface area contributed by atoms with E-state index in [9.17, 15) is 18.9 Å². The second-order valence-electron chi connectivity index (χ2n) is 5.24. The van der Waals surface area contributed by atoms with Crippen LogP contribution in [0.3, 0.4) is 0 Å². The van der Waals surface area contributed by atoms with Crippen molar-refractivity contribution in [1.29, 1.82) is 0 Å². The highest BCUT2D eigenvalue weighted by molar-refractivity contribution is 5.70. The lowest BCUT2D eigenvalue weighted by molar-refractivity contribution is -0.384.